The molecule has 2 saturated heterocycles. The maximum absolute atomic E-state index is 13.1. The summed E-state index contributed by atoms with van der Waals surface area (Å²) in [4.78, 5) is 65.8. The van der Waals surface area contributed by atoms with E-state index >= 15 is 0 Å². The lowest BCUT2D eigenvalue weighted by molar-refractivity contribution is -0.136. The van der Waals surface area contributed by atoms with Gasteiger partial charge in [-0.1, -0.05) is 6.42 Å². The third-order valence-corrected chi connectivity index (χ3v) is 11.8. The van der Waals surface area contributed by atoms with Crippen LogP contribution in [0.5, 0.6) is 0 Å². The van der Waals surface area contributed by atoms with Crippen molar-refractivity contribution in [3.63, 3.8) is 0 Å². The fourth-order valence-corrected chi connectivity index (χ4v) is 8.46. The number of nitrogens with zero attached hydrogens (tertiary/aromatic N) is 7. The summed E-state index contributed by atoms with van der Waals surface area (Å²) >= 11 is 0. The molecule has 1 unspecified atom stereocenters. The van der Waals surface area contributed by atoms with Gasteiger partial charge in [-0.05, 0) is 87.3 Å². The second-order valence-corrected chi connectivity index (χ2v) is 15.0. The van der Waals surface area contributed by atoms with Gasteiger partial charge in [0.25, 0.3) is 11.8 Å². The molecular formula is C39H43N9O4. The number of anilines is 2. The molecule has 268 valence electrons. The Morgan fingerprint density at radius 2 is 1.67 bits per heavy atom. The van der Waals surface area contributed by atoms with E-state index in [1.165, 1.54) is 24.9 Å². The van der Waals surface area contributed by atoms with Crippen molar-refractivity contribution < 1.29 is 19.2 Å². The summed E-state index contributed by atoms with van der Waals surface area (Å²) in [5.41, 5.74) is 6.19. The summed E-state index contributed by atoms with van der Waals surface area (Å²) in [5.74, 6) is -1.36. The summed E-state index contributed by atoms with van der Waals surface area (Å²) in [5, 5.41) is 10.3. The van der Waals surface area contributed by atoms with Gasteiger partial charge in [0.1, 0.15) is 6.04 Å². The molecule has 2 saturated carbocycles. The molecule has 2 aliphatic carbocycles. The van der Waals surface area contributed by atoms with Crippen LogP contribution in [-0.2, 0) is 9.59 Å². The van der Waals surface area contributed by atoms with E-state index < -0.39 is 23.8 Å². The van der Waals surface area contributed by atoms with Gasteiger partial charge in [0, 0.05) is 68.3 Å². The minimum Gasteiger partial charge on any atom is -0.385 e. The molecule has 4 aromatic rings. The fraction of sp³-hybridized carbons (Fsp3) is 0.462. The average molecular weight is 702 g/mol. The van der Waals surface area contributed by atoms with E-state index in [0.29, 0.717) is 12.0 Å². The maximum atomic E-state index is 13.1. The third kappa shape index (κ3) is 6.10. The van der Waals surface area contributed by atoms with E-state index in [2.05, 4.69) is 49.5 Å². The van der Waals surface area contributed by atoms with Crippen LogP contribution in [0.4, 0.5) is 11.4 Å². The SMILES string of the molecule is O=C1CCC(N2C(=O)c3ccc(NCCCC4CC(n5cc(-c6cnc7ccc(N8CCN(C9CCC9)CC8)cc7n6)cn5)C4)cc3C2=O)C(=O)N1. The highest BCUT2D eigenvalue weighted by atomic mass is 16.2. The van der Waals surface area contributed by atoms with Gasteiger partial charge < -0.3 is 10.2 Å². The van der Waals surface area contributed by atoms with Crippen LogP contribution in [0.2, 0.25) is 0 Å². The molecule has 9 rings (SSSR count). The standard InChI is InChI=1S/C39H43N9O4/c49-36-11-10-35(37(50)44-36)48-38(51)30-8-6-26(19-31(30)39(48)52)40-12-2-3-24-17-29(18-24)47-23-25(21-42-47)34-22-41-32-9-7-28(20-33(32)43-34)46-15-13-45(14-16-46)27-4-1-5-27/h6-9,19-24,27,29,35,40H,1-5,10-18H2,(H,44,49,50). The molecule has 13 nitrogen and oxygen atoms in total. The molecule has 3 aliphatic heterocycles. The smallest absolute Gasteiger partial charge is 0.262 e. The van der Waals surface area contributed by atoms with Crippen molar-refractivity contribution >= 4 is 46.0 Å². The monoisotopic (exact) mass is 701 g/mol. The summed E-state index contributed by atoms with van der Waals surface area (Å²) in [6.07, 6.45) is 14.4. The quantitative estimate of drug-likeness (QED) is 0.180. The first-order valence-corrected chi connectivity index (χ1v) is 18.8. The Labute approximate surface area is 301 Å². The number of piperidine rings is 1. The number of imide groups is 2. The Morgan fingerprint density at radius 3 is 2.46 bits per heavy atom. The molecule has 2 aromatic heterocycles. The second-order valence-electron chi connectivity index (χ2n) is 15.0. The number of hydrogen-bond acceptors (Lipinski definition) is 10. The van der Waals surface area contributed by atoms with Gasteiger partial charge in [-0.2, -0.15) is 5.10 Å². The van der Waals surface area contributed by atoms with Gasteiger partial charge in [-0.3, -0.25) is 44.0 Å². The van der Waals surface area contributed by atoms with Gasteiger partial charge in [0.15, 0.2) is 0 Å². The maximum Gasteiger partial charge on any atom is 0.262 e. The highest BCUT2D eigenvalue weighted by Gasteiger charge is 2.44. The van der Waals surface area contributed by atoms with Gasteiger partial charge >= 0.3 is 0 Å². The molecule has 5 heterocycles. The van der Waals surface area contributed by atoms with Crippen molar-refractivity contribution in [2.45, 2.75) is 75.9 Å². The Bertz CT molecular complexity index is 2060. The van der Waals surface area contributed by atoms with Gasteiger partial charge in [-0.15, -0.1) is 0 Å². The van der Waals surface area contributed by atoms with Crippen LogP contribution in [0.3, 0.4) is 0 Å². The topological polar surface area (TPSA) is 146 Å². The lowest BCUT2D eigenvalue weighted by Gasteiger charge is -2.43. The molecule has 13 heteroatoms. The van der Waals surface area contributed by atoms with Crippen LogP contribution >= 0.6 is 0 Å². The van der Waals surface area contributed by atoms with Crippen molar-refractivity contribution in [1.82, 2.24) is 34.9 Å². The van der Waals surface area contributed by atoms with Crippen LogP contribution in [0, 0.1) is 5.92 Å². The average Bonchev–Trinajstić information content (AvgIpc) is 3.69. The number of rotatable bonds is 10. The van der Waals surface area contributed by atoms with Crippen LogP contribution in [0.25, 0.3) is 22.3 Å². The number of amides is 4. The Hall–Kier alpha value is -5.17. The summed E-state index contributed by atoms with van der Waals surface area (Å²) in [7, 11) is 0. The molecule has 0 radical (unpaired) electrons. The van der Waals surface area contributed by atoms with Gasteiger partial charge in [-0.25, -0.2) is 4.98 Å². The molecular weight excluding hydrogens is 658 g/mol. The lowest BCUT2D eigenvalue weighted by Crippen LogP contribution is -2.54. The molecule has 0 spiro atoms. The van der Waals surface area contributed by atoms with E-state index in [-0.39, 0.29) is 29.9 Å². The highest BCUT2D eigenvalue weighted by Crippen LogP contribution is 2.41. The van der Waals surface area contributed by atoms with E-state index in [1.807, 2.05) is 12.4 Å². The van der Waals surface area contributed by atoms with Crippen molar-refractivity contribution in [2.24, 2.45) is 5.92 Å². The summed E-state index contributed by atoms with van der Waals surface area (Å²) in [6.45, 7) is 5.10. The predicted molar refractivity (Wildman–Crippen MR) is 195 cm³/mol. The third-order valence-electron chi connectivity index (χ3n) is 11.8. The zero-order chi connectivity index (χ0) is 35.3. The van der Waals surface area contributed by atoms with Crippen molar-refractivity contribution in [3.8, 4) is 11.3 Å². The number of nitrogens with one attached hydrogen (secondary N) is 2. The van der Waals surface area contributed by atoms with Crippen LogP contribution in [0.1, 0.15) is 84.5 Å². The Balaban J connectivity index is 0.749. The molecule has 5 aliphatic rings. The zero-order valence-corrected chi connectivity index (χ0v) is 29.2. The Morgan fingerprint density at radius 1 is 0.846 bits per heavy atom. The lowest BCUT2D eigenvalue weighted by atomic mass is 9.77. The minimum absolute atomic E-state index is 0.0984. The number of carbonyl (C=O) groups excluding carboxylic acids is 4. The molecule has 2 aromatic carbocycles. The van der Waals surface area contributed by atoms with E-state index in [0.717, 1.165) is 97.3 Å². The van der Waals surface area contributed by atoms with Gasteiger partial charge in [0.2, 0.25) is 11.8 Å². The number of fused-ring (bicyclic) bond motifs is 2. The number of aromatic nitrogens is 4. The summed E-state index contributed by atoms with van der Waals surface area (Å²) in [6, 6.07) is 11.8. The van der Waals surface area contributed by atoms with Crippen LogP contribution in [-0.4, -0.2) is 98.0 Å². The first-order chi connectivity index (χ1) is 25.4. The molecule has 1 atom stereocenters. The minimum atomic E-state index is -0.963. The molecule has 2 N–H and O–H groups in total. The van der Waals surface area contributed by atoms with E-state index in [4.69, 9.17) is 15.1 Å². The first-order valence-electron chi connectivity index (χ1n) is 18.8. The number of hydrogen-bond donors (Lipinski definition) is 2. The van der Waals surface area contributed by atoms with E-state index in [9.17, 15) is 19.2 Å². The fourth-order valence-electron chi connectivity index (χ4n) is 8.46. The van der Waals surface area contributed by atoms with E-state index in [1.54, 1.807) is 18.2 Å². The Kier molecular flexibility index (Phi) is 8.45. The summed E-state index contributed by atoms with van der Waals surface area (Å²) < 4.78 is 2.08. The normalized spacial score (nSPS) is 23.8. The molecule has 0 bridgehead atoms. The largest absolute Gasteiger partial charge is 0.385 e. The number of piperazine rings is 1. The molecule has 4 amide bonds. The zero-order valence-electron chi connectivity index (χ0n) is 29.2. The number of benzene rings is 2. The van der Waals surface area contributed by atoms with Crippen molar-refractivity contribution in [3.05, 3.63) is 66.1 Å². The predicted octanol–water partition coefficient (Wildman–Crippen LogP) is 4.41. The highest BCUT2D eigenvalue weighted by molar-refractivity contribution is 6.23. The first kappa shape index (κ1) is 32.7. The van der Waals surface area contributed by atoms with Crippen LogP contribution in [0.15, 0.2) is 55.0 Å². The number of carbonyl (C=O) groups is 4. The second kappa shape index (κ2) is 13.4. The molecule has 52 heavy (non-hydrogen) atoms. The van der Waals surface area contributed by atoms with Crippen LogP contribution < -0.4 is 15.5 Å². The molecule has 4 fully saturated rings. The van der Waals surface area contributed by atoms with Crippen molar-refractivity contribution in [2.75, 3.05) is 42.9 Å². The van der Waals surface area contributed by atoms with Crippen molar-refractivity contribution in [1.29, 1.82) is 0 Å². The van der Waals surface area contributed by atoms with Gasteiger partial charge in [0.05, 0.1) is 46.3 Å².